The molecule has 2 aromatic heterocycles. The number of carbonyl (C=O) groups is 1. The first-order valence-electron chi connectivity index (χ1n) is 9.15. The maximum absolute atomic E-state index is 12.7. The Balaban J connectivity index is 1.45. The fraction of sp³-hybridized carbons (Fsp3) is 0.474. The van der Waals surface area contributed by atoms with Crippen molar-refractivity contribution in [2.75, 3.05) is 38.2 Å². The van der Waals surface area contributed by atoms with Crippen LogP contribution in [0.1, 0.15) is 28.0 Å². The molecule has 1 fully saturated rings. The van der Waals surface area contributed by atoms with E-state index < -0.39 is 0 Å². The van der Waals surface area contributed by atoms with Crippen LogP contribution in [0.4, 0.5) is 5.82 Å². The highest BCUT2D eigenvalue weighted by Gasteiger charge is 2.23. The molecule has 7 nitrogen and oxygen atoms in total. The van der Waals surface area contributed by atoms with Crippen LogP contribution >= 0.6 is 0 Å². The van der Waals surface area contributed by atoms with Gasteiger partial charge in [0.2, 0.25) is 0 Å². The zero-order valence-corrected chi connectivity index (χ0v) is 14.7. The van der Waals surface area contributed by atoms with Crippen LogP contribution in [0.2, 0.25) is 0 Å². The normalized spacial score (nSPS) is 19.7. The molecule has 0 aliphatic carbocycles. The second kappa shape index (κ2) is 7.78. The number of ether oxygens (including phenoxy) is 1. The highest BCUT2D eigenvalue weighted by atomic mass is 16.5. The zero-order chi connectivity index (χ0) is 17.8. The number of fused-ring (bicyclic) bond motifs is 1. The van der Waals surface area contributed by atoms with Gasteiger partial charge in [-0.05, 0) is 25.0 Å². The number of carbonyl (C=O) groups excluding carboxylic acids is 1. The topological polar surface area (TPSA) is 80.2 Å². The van der Waals surface area contributed by atoms with Gasteiger partial charge in [0.05, 0.1) is 17.9 Å². The van der Waals surface area contributed by atoms with Crippen LogP contribution in [-0.4, -0.2) is 58.6 Å². The van der Waals surface area contributed by atoms with Gasteiger partial charge in [0, 0.05) is 56.5 Å². The van der Waals surface area contributed by atoms with Crippen LogP contribution in [-0.2, 0) is 17.6 Å². The minimum Gasteiger partial charge on any atom is -0.381 e. The van der Waals surface area contributed by atoms with E-state index in [0.717, 1.165) is 56.1 Å². The van der Waals surface area contributed by atoms with Crippen LogP contribution in [0, 0.1) is 5.92 Å². The van der Waals surface area contributed by atoms with Gasteiger partial charge in [0.25, 0.3) is 5.91 Å². The molecular weight excluding hydrogens is 330 g/mol. The van der Waals surface area contributed by atoms with Gasteiger partial charge in [-0.3, -0.25) is 9.78 Å². The molecular formula is C19H23N5O2. The van der Waals surface area contributed by atoms with Crippen molar-refractivity contribution in [3.05, 3.63) is 47.7 Å². The van der Waals surface area contributed by atoms with E-state index in [0.29, 0.717) is 24.6 Å². The summed E-state index contributed by atoms with van der Waals surface area (Å²) in [7, 11) is 0. The maximum atomic E-state index is 12.7. The van der Waals surface area contributed by atoms with Gasteiger partial charge in [0.15, 0.2) is 0 Å². The molecule has 0 saturated carbocycles. The molecule has 136 valence electrons. The lowest BCUT2D eigenvalue weighted by atomic mass is 10.1. The Morgan fingerprint density at radius 3 is 3.04 bits per heavy atom. The predicted molar refractivity (Wildman–Crippen MR) is 97.0 cm³/mol. The molecule has 26 heavy (non-hydrogen) atoms. The molecule has 0 spiro atoms. The second-order valence-electron chi connectivity index (χ2n) is 6.79. The zero-order valence-electron chi connectivity index (χ0n) is 14.7. The average molecular weight is 353 g/mol. The lowest BCUT2D eigenvalue weighted by Crippen LogP contribution is -2.33. The van der Waals surface area contributed by atoms with Crippen molar-refractivity contribution >= 4 is 11.7 Å². The van der Waals surface area contributed by atoms with Crippen molar-refractivity contribution in [2.24, 2.45) is 5.92 Å². The average Bonchev–Trinajstić information content (AvgIpc) is 3.11. The molecule has 1 atom stereocenters. The number of nitrogens with one attached hydrogen (secondary N) is 1. The Bertz CT molecular complexity index is 762. The molecule has 0 radical (unpaired) electrons. The van der Waals surface area contributed by atoms with E-state index in [1.165, 1.54) is 0 Å². The van der Waals surface area contributed by atoms with E-state index in [1.807, 2.05) is 11.0 Å². The van der Waals surface area contributed by atoms with Crippen LogP contribution in [0.5, 0.6) is 0 Å². The number of aromatic nitrogens is 3. The number of anilines is 1. The van der Waals surface area contributed by atoms with E-state index >= 15 is 0 Å². The van der Waals surface area contributed by atoms with Gasteiger partial charge in [-0.15, -0.1) is 0 Å². The summed E-state index contributed by atoms with van der Waals surface area (Å²) >= 11 is 0. The molecule has 1 amide bonds. The number of pyridine rings is 1. The SMILES string of the molecule is O=C(c1cccnc1)N1CCc2ncnc(NCC3CCOC3)c2CC1. The third kappa shape index (κ3) is 3.67. The summed E-state index contributed by atoms with van der Waals surface area (Å²) in [5, 5.41) is 3.47. The lowest BCUT2D eigenvalue weighted by molar-refractivity contribution is 0.0762. The molecule has 2 aromatic rings. The first-order chi connectivity index (χ1) is 12.8. The van der Waals surface area contributed by atoms with Crippen LogP contribution in [0.3, 0.4) is 0 Å². The van der Waals surface area contributed by atoms with Crippen LogP contribution in [0.25, 0.3) is 0 Å². The number of hydrogen-bond donors (Lipinski definition) is 1. The van der Waals surface area contributed by atoms with E-state index in [2.05, 4.69) is 20.3 Å². The van der Waals surface area contributed by atoms with Crippen molar-refractivity contribution in [1.29, 1.82) is 0 Å². The Hall–Kier alpha value is -2.54. The minimum absolute atomic E-state index is 0.0245. The number of nitrogens with zero attached hydrogens (tertiary/aromatic N) is 4. The maximum Gasteiger partial charge on any atom is 0.255 e. The molecule has 1 saturated heterocycles. The largest absolute Gasteiger partial charge is 0.381 e. The fourth-order valence-corrected chi connectivity index (χ4v) is 3.54. The highest BCUT2D eigenvalue weighted by molar-refractivity contribution is 5.93. The predicted octanol–water partition coefficient (Wildman–Crippen LogP) is 1.56. The summed E-state index contributed by atoms with van der Waals surface area (Å²) in [6.45, 7) is 3.85. The molecule has 4 rings (SSSR count). The Morgan fingerprint density at radius 2 is 2.23 bits per heavy atom. The highest BCUT2D eigenvalue weighted by Crippen LogP contribution is 2.22. The molecule has 0 bridgehead atoms. The molecule has 4 heterocycles. The third-order valence-corrected chi connectivity index (χ3v) is 5.06. The van der Waals surface area contributed by atoms with Gasteiger partial charge in [0.1, 0.15) is 12.1 Å². The third-order valence-electron chi connectivity index (χ3n) is 5.06. The smallest absolute Gasteiger partial charge is 0.255 e. The van der Waals surface area contributed by atoms with E-state index in [-0.39, 0.29) is 5.91 Å². The standard InChI is InChI=1S/C19H23N5O2/c25-19(15-2-1-6-20-11-15)24-7-3-16-17(4-8-24)22-13-23-18(16)21-10-14-5-9-26-12-14/h1-2,6,11,13-14H,3-5,7-10,12H2,(H,21,22,23). The van der Waals surface area contributed by atoms with Crippen molar-refractivity contribution in [3.8, 4) is 0 Å². The fourth-order valence-electron chi connectivity index (χ4n) is 3.54. The summed E-state index contributed by atoms with van der Waals surface area (Å²) < 4.78 is 5.44. The number of amides is 1. The first-order valence-corrected chi connectivity index (χ1v) is 9.15. The van der Waals surface area contributed by atoms with Gasteiger partial charge >= 0.3 is 0 Å². The summed E-state index contributed by atoms with van der Waals surface area (Å²) in [6, 6.07) is 3.60. The molecule has 1 unspecified atom stereocenters. The van der Waals surface area contributed by atoms with Crippen molar-refractivity contribution in [3.63, 3.8) is 0 Å². The number of rotatable bonds is 4. The van der Waals surface area contributed by atoms with Crippen LogP contribution in [0.15, 0.2) is 30.9 Å². The second-order valence-corrected chi connectivity index (χ2v) is 6.79. The monoisotopic (exact) mass is 353 g/mol. The van der Waals surface area contributed by atoms with Crippen molar-refractivity contribution < 1.29 is 9.53 Å². The molecule has 0 aromatic carbocycles. The number of hydrogen-bond acceptors (Lipinski definition) is 6. The first kappa shape index (κ1) is 16.9. The van der Waals surface area contributed by atoms with Crippen molar-refractivity contribution in [2.45, 2.75) is 19.3 Å². The Morgan fingerprint density at radius 1 is 1.31 bits per heavy atom. The molecule has 1 N–H and O–H groups in total. The van der Waals surface area contributed by atoms with Gasteiger partial charge in [-0.1, -0.05) is 0 Å². The van der Waals surface area contributed by atoms with Crippen molar-refractivity contribution in [1.82, 2.24) is 19.9 Å². The van der Waals surface area contributed by atoms with Gasteiger partial charge in [-0.2, -0.15) is 0 Å². The Kier molecular flexibility index (Phi) is 5.06. The van der Waals surface area contributed by atoms with E-state index in [1.54, 1.807) is 24.8 Å². The minimum atomic E-state index is 0.0245. The van der Waals surface area contributed by atoms with E-state index in [9.17, 15) is 4.79 Å². The summed E-state index contributed by atoms with van der Waals surface area (Å²) in [5.74, 6) is 1.46. The van der Waals surface area contributed by atoms with E-state index in [4.69, 9.17) is 4.74 Å². The summed E-state index contributed by atoms with van der Waals surface area (Å²) in [5.41, 5.74) is 2.80. The van der Waals surface area contributed by atoms with Gasteiger partial charge < -0.3 is 15.0 Å². The van der Waals surface area contributed by atoms with Gasteiger partial charge in [-0.25, -0.2) is 9.97 Å². The molecule has 2 aliphatic rings. The lowest BCUT2D eigenvalue weighted by Gasteiger charge is -2.20. The molecule has 7 heteroatoms. The van der Waals surface area contributed by atoms with Crippen LogP contribution < -0.4 is 5.32 Å². The molecule has 2 aliphatic heterocycles. The summed E-state index contributed by atoms with van der Waals surface area (Å²) in [4.78, 5) is 27.5. The Labute approximate surface area is 152 Å². The summed E-state index contributed by atoms with van der Waals surface area (Å²) in [6.07, 6.45) is 7.50. The quantitative estimate of drug-likeness (QED) is 0.899.